The van der Waals surface area contributed by atoms with Crippen LogP contribution >= 0.6 is 0 Å². The van der Waals surface area contributed by atoms with Gasteiger partial charge in [-0.1, -0.05) is 0 Å². The number of hydrogen-bond donors (Lipinski definition) is 2. The smallest absolute Gasteiger partial charge is 0.186 e. The molecule has 90 valence electrons. The van der Waals surface area contributed by atoms with Crippen molar-refractivity contribution >= 4 is 11.0 Å². The first kappa shape index (κ1) is 10.6. The Morgan fingerprint density at radius 3 is 2.78 bits per heavy atom. The van der Waals surface area contributed by atoms with Crippen LogP contribution in [0.4, 0.5) is 8.78 Å². The van der Waals surface area contributed by atoms with Gasteiger partial charge in [-0.25, -0.2) is 13.8 Å². The van der Waals surface area contributed by atoms with Crippen molar-refractivity contribution in [3.63, 3.8) is 0 Å². The highest BCUT2D eigenvalue weighted by Crippen LogP contribution is 2.28. The number of hydrogen-bond acceptors (Lipinski definition) is 3. The summed E-state index contributed by atoms with van der Waals surface area (Å²) in [7, 11) is 0. The number of benzene rings is 1. The van der Waals surface area contributed by atoms with Gasteiger partial charge < -0.3 is 10.1 Å². The van der Waals surface area contributed by atoms with Gasteiger partial charge in [-0.05, 0) is 18.2 Å². The Morgan fingerprint density at radius 2 is 2.00 bits per heavy atom. The first-order valence-corrected chi connectivity index (χ1v) is 5.14. The fourth-order valence-electron chi connectivity index (χ4n) is 1.73. The summed E-state index contributed by atoms with van der Waals surface area (Å²) in [6.07, 6.45) is 2.72. The van der Waals surface area contributed by atoms with Crippen LogP contribution in [0.25, 0.3) is 22.4 Å². The third kappa shape index (κ3) is 1.50. The molecule has 3 rings (SSSR count). The molecule has 0 fully saturated rings. The van der Waals surface area contributed by atoms with E-state index in [1.54, 1.807) is 0 Å². The molecule has 2 aromatic heterocycles. The molecule has 0 saturated carbocycles. The van der Waals surface area contributed by atoms with E-state index in [9.17, 15) is 13.9 Å². The number of nitrogens with one attached hydrogen (secondary N) is 1. The van der Waals surface area contributed by atoms with Gasteiger partial charge in [-0.15, -0.1) is 0 Å². The van der Waals surface area contributed by atoms with Gasteiger partial charge in [0.25, 0.3) is 0 Å². The number of aromatic hydroxyl groups is 1. The molecule has 2 heterocycles. The molecule has 0 radical (unpaired) electrons. The number of H-pyrrole nitrogens is 1. The van der Waals surface area contributed by atoms with Crippen molar-refractivity contribution in [3.8, 4) is 17.1 Å². The van der Waals surface area contributed by atoms with E-state index in [0.29, 0.717) is 11.1 Å². The Balaban J connectivity index is 2.26. The lowest BCUT2D eigenvalue weighted by molar-refractivity contribution is 0.474. The molecule has 0 bridgehead atoms. The van der Waals surface area contributed by atoms with Crippen LogP contribution in [-0.2, 0) is 0 Å². The van der Waals surface area contributed by atoms with E-state index in [1.165, 1.54) is 24.5 Å². The Kier molecular flexibility index (Phi) is 2.22. The minimum absolute atomic E-state index is 0.0857. The number of fused-ring (bicyclic) bond motifs is 1. The van der Waals surface area contributed by atoms with Crippen molar-refractivity contribution in [3.05, 3.63) is 42.2 Å². The minimum atomic E-state index is -1.01. The molecule has 0 amide bonds. The molecule has 2 N–H and O–H groups in total. The molecule has 0 aliphatic rings. The Morgan fingerprint density at radius 1 is 1.17 bits per heavy atom. The highest BCUT2D eigenvalue weighted by atomic mass is 19.2. The number of rotatable bonds is 1. The lowest BCUT2D eigenvalue weighted by Crippen LogP contribution is -1.84. The van der Waals surface area contributed by atoms with Crippen molar-refractivity contribution in [2.75, 3.05) is 0 Å². The molecule has 0 saturated heterocycles. The van der Waals surface area contributed by atoms with Gasteiger partial charge in [0.2, 0.25) is 0 Å². The van der Waals surface area contributed by atoms with Crippen LogP contribution in [0.15, 0.2) is 30.6 Å². The van der Waals surface area contributed by atoms with E-state index >= 15 is 0 Å². The van der Waals surface area contributed by atoms with Gasteiger partial charge in [0.1, 0.15) is 17.1 Å². The van der Waals surface area contributed by atoms with E-state index in [4.69, 9.17) is 0 Å². The molecule has 0 aliphatic carbocycles. The summed E-state index contributed by atoms with van der Waals surface area (Å²) in [5.74, 6) is -1.80. The number of nitrogens with zero attached hydrogens (tertiary/aromatic N) is 2. The van der Waals surface area contributed by atoms with Crippen LogP contribution in [0.3, 0.4) is 0 Å². The molecule has 0 aliphatic heterocycles. The Hall–Kier alpha value is -2.50. The van der Waals surface area contributed by atoms with E-state index in [-0.39, 0.29) is 17.1 Å². The topological polar surface area (TPSA) is 61.8 Å². The fourth-order valence-corrected chi connectivity index (χ4v) is 1.73. The molecule has 0 unspecified atom stereocenters. The van der Waals surface area contributed by atoms with E-state index < -0.39 is 11.6 Å². The van der Waals surface area contributed by atoms with Crippen LogP contribution in [0.2, 0.25) is 0 Å². The van der Waals surface area contributed by atoms with Crippen LogP contribution in [0.5, 0.6) is 5.75 Å². The Labute approximate surface area is 99.9 Å². The zero-order valence-electron chi connectivity index (χ0n) is 8.98. The molecular weight excluding hydrogens is 240 g/mol. The lowest BCUT2D eigenvalue weighted by atomic mass is 10.2. The quantitative estimate of drug-likeness (QED) is 0.694. The van der Waals surface area contributed by atoms with Gasteiger partial charge in [-0.3, -0.25) is 4.98 Å². The highest BCUT2D eigenvalue weighted by molar-refractivity contribution is 5.81. The lowest BCUT2D eigenvalue weighted by Gasteiger charge is -1.98. The molecule has 0 spiro atoms. The van der Waals surface area contributed by atoms with Crippen molar-refractivity contribution in [2.45, 2.75) is 0 Å². The second-order valence-electron chi connectivity index (χ2n) is 3.74. The van der Waals surface area contributed by atoms with Crippen LogP contribution in [0.1, 0.15) is 0 Å². The summed E-state index contributed by atoms with van der Waals surface area (Å²) < 4.78 is 26.5. The van der Waals surface area contributed by atoms with E-state index in [1.807, 2.05) is 0 Å². The maximum Gasteiger partial charge on any atom is 0.186 e. The van der Waals surface area contributed by atoms with Gasteiger partial charge in [-0.2, -0.15) is 0 Å². The van der Waals surface area contributed by atoms with Crippen molar-refractivity contribution in [1.29, 1.82) is 0 Å². The summed E-state index contributed by atoms with van der Waals surface area (Å²) in [5, 5.41) is 9.62. The largest absolute Gasteiger partial charge is 0.506 e. The molecule has 4 nitrogen and oxygen atoms in total. The summed E-state index contributed by atoms with van der Waals surface area (Å²) in [5.41, 5.74) is 0.641. The zero-order valence-corrected chi connectivity index (χ0v) is 8.98. The molecule has 3 aromatic rings. The van der Waals surface area contributed by atoms with E-state index in [0.717, 1.165) is 6.07 Å². The number of halogens is 2. The summed E-state index contributed by atoms with van der Waals surface area (Å²) in [4.78, 5) is 10.5. The monoisotopic (exact) mass is 247 g/mol. The molecule has 18 heavy (non-hydrogen) atoms. The molecule has 6 heteroatoms. The average molecular weight is 247 g/mol. The number of pyridine rings is 1. The zero-order chi connectivity index (χ0) is 12.7. The van der Waals surface area contributed by atoms with Gasteiger partial charge in [0.15, 0.2) is 11.6 Å². The van der Waals surface area contributed by atoms with E-state index in [2.05, 4.69) is 15.0 Å². The number of aromatic amines is 1. The van der Waals surface area contributed by atoms with Crippen molar-refractivity contribution in [1.82, 2.24) is 15.0 Å². The maximum absolute atomic E-state index is 13.5. The van der Waals surface area contributed by atoms with Gasteiger partial charge >= 0.3 is 0 Å². The second-order valence-corrected chi connectivity index (χ2v) is 3.74. The SMILES string of the molecule is Oc1cnccc1-c1nc2c(F)c(F)ccc2[nH]1. The van der Waals surface area contributed by atoms with Crippen LogP contribution < -0.4 is 0 Å². The normalized spacial score (nSPS) is 11.0. The number of imidazole rings is 1. The highest BCUT2D eigenvalue weighted by Gasteiger charge is 2.14. The summed E-state index contributed by atoms with van der Waals surface area (Å²) in [6.45, 7) is 0. The molecule has 1 aromatic carbocycles. The van der Waals surface area contributed by atoms with Crippen LogP contribution in [-0.4, -0.2) is 20.1 Å². The second kappa shape index (κ2) is 3.76. The first-order valence-electron chi connectivity index (χ1n) is 5.14. The van der Waals surface area contributed by atoms with Crippen LogP contribution in [0, 0.1) is 11.6 Å². The van der Waals surface area contributed by atoms with Crippen molar-refractivity contribution < 1.29 is 13.9 Å². The predicted octanol–water partition coefficient (Wildman–Crippen LogP) is 2.61. The maximum atomic E-state index is 13.5. The third-order valence-electron chi connectivity index (χ3n) is 2.60. The predicted molar refractivity (Wildman–Crippen MR) is 60.9 cm³/mol. The van der Waals surface area contributed by atoms with Crippen molar-refractivity contribution in [2.24, 2.45) is 0 Å². The fraction of sp³-hybridized carbons (Fsp3) is 0. The average Bonchev–Trinajstić information content (AvgIpc) is 2.79. The number of aromatic nitrogens is 3. The summed E-state index contributed by atoms with van der Waals surface area (Å²) in [6, 6.07) is 3.94. The first-order chi connectivity index (χ1) is 8.66. The standard InChI is InChI=1S/C12H7F2N3O/c13-7-1-2-8-11(10(7)14)17-12(16-8)6-3-4-15-5-9(6)18/h1-5,18H,(H,16,17). The summed E-state index contributed by atoms with van der Waals surface area (Å²) >= 11 is 0. The Bertz CT molecular complexity index is 739. The third-order valence-corrected chi connectivity index (χ3v) is 2.60. The van der Waals surface area contributed by atoms with Gasteiger partial charge in [0.05, 0.1) is 17.3 Å². The molecular formula is C12H7F2N3O. The molecule has 0 atom stereocenters. The minimum Gasteiger partial charge on any atom is -0.506 e. The van der Waals surface area contributed by atoms with Gasteiger partial charge in [0, 0.05) is 6.20 Å².